The molecule has 0 unspecified atom stereocenters. The monoisotopic (exact) mass is 281 g/mol. The molecule has 0 atom stereocenters. The second-order valence-electron chi connectivity index (χ2n) is 1.65. The van der Waals surface area contributed by atoms with Crippen molar-refractivity contribution < 1.29 is 25.9 Å². The van der Waals surface area contributed by atoms with Gasteiger partial charge in [-0.3, -0.25) is 0 Å². The molecule has 0 fully saturated rings. The van der Waals surface area contributed by atoms with Crippen molar-refractivity contribution in [1.29, 1.82) is 0 Å². The first-order valence-electron chi connectivity index (χ1n) is 2.66. The zero-order valence-electron chi connectivity index (χ0n) is 4.76. The standard InChI is InChI=1S/C5H10NO.Ta/c1-2-3-4-5(6)7;/h1-4H2,(H2,6,7);. The van der Waals surface area contributed by atoms with Crippen molar-refractivity contribution in [2.45, 2.75) is 23.9 Å². The Balaban J connectivity index is 2.82. The van der Waals surface area contributed by atoms with Gasteiger partial charge >= 0.3 is 61.4 Å². The first-order valence-corrected chi connectivity index (χ1v) is 4.93. The van der Waals surface area contributed by atoms with E-state index in [2.05, 4.69) is 0 Å². The van der Waals surface area contributed by atoms with Gasteiger partial charge in [-0.05, 0) is 0 Å². The third kappa shape index (κ3) is 6.21. The molecule has 0 radical (unpaired) electrons. The molecule has 0 aromatic carbocycles. The van der Waals surface area contributed by atoms with Crippen LogP contribution < -0.4 is 5.73 Å². The summed E-state index contributed by atoms with van der Waals surface area (Å²) >= 11 is 1.42. The number of hydrogen-bond donors (Lipinski definition) is 1. The van der Waals surface area contributed by atoms with Crippen LogP contribution in [0.2, 0.25) is 4.64 Å². The van der Waals surface area contributed by atoms with Crippen LogP contribution in [0.25, 0.3) is 0 Å². The van der Waals surface area contributed by atoms with Gasteiger partial charge in [0, 0.05) is 0 Å². The van der Waals surface area contributed by atoms with E-state index < -0.39 is 0 Å². The Bertz CT molecular complexity index is 74.8. The quantitative estimate of drug-likeness (QED) is 0.754. The second-order valence-corrected chi connectivity index (χ2v) is 3.25. The molecule has 8 heavy (non-hydrogen) atoms. The fraction of sp³-hybridized carbons (Fsp3) is 0.800. The number of unbranched alkanes of at least 4 members (excludes halogenated alkanes) is 1. The zero-order valence-corrected chi connectivity index (χ0v) is 7.97. The number of nitrogens with two attached hydrogens (primary N) is 1. The third-order valence-corrected chi connectivity index (χ3v) is 1.97. The number of carbonyl (C=O) groups excluding carboxylic acids is 1. The Morgan fingerprint density at radius 3 is 2.50 bits per heavy atom. The fourth-order valence-corrected chi connectivity index (χ4v) is 1.21. The van der Waals surface area contributed by atoms with Crippen LogP contribution in [-0.4, -0.2) is 5.91 Å². The van der Waals surface area contributed by atoms with Crippen molar-refractivity contribution in [3.63, 3.8) is 0 Å². The van der Waals surface area contributed by atoms with E-state index in [1.807, 2.05) is 0 Å². The van der Waals surface area contributed by atoms with E-state index in [9.17, 15) is 4.79 Å². The maximum absolute atomic E-state index is 10.1. The molecule has 46 valence electrons. The van der Waals surface area contributed by atoms with Crippen molar-refractivity contribution in [1.82, 2.24) is 0 Å². The van der Waals surface area contributed by atoms with Gasteiger partial charge in [-0.1, -0.05) is 0 Å². The van der Waals surface area contributed by atoms with Gasteiger partial charge in [0.2, 0.25) is 0 Å². The molecule has 3 heteroatoms. The molecule has 0 saturated carbocycles. The minimum atomic E-state index is -0.170. The van der Waals surface area contributed by atoms with E-state index in [0.717, 1.165) is 12.8 Å². The summed E-state index contributed by atoms with van der Waals surface area (Å²) in [5, 5.41) is 0. The van der Waals surface area contributed by atoms with Gasteiger partial charge in [0.1, 0.15) is 0 Å². The SMILES string of the molecule is NC(=O)CCC[CH2][Ta]. The Morgan fingerprint density at radius 1 is 1.50 bits per heavy atom. The van der Waals surface area contributed by atoms with Gasteiger partial charge in [0.15, 0.2) is 0 Å². The van der Waals surface area contributed by atoms with E-state index in [0.29, 0.717) is 6.42 Å². The van der Waals surface area contributed by atoms with Crippen LogP contribution in [-0.2, 0) is 25.9 Å². The zero-order chi connectivity index (χ0) is 6.41. The van der Waals surface area contributed by atoms with Gasteiger partial charge < -0.3 is 0 Å². The van der Waals surface area contributed by atoms with Gasteiger partial charge in [0.25, 0.3) is 0 Å². The first-order chi connectivity index (χ1) is 3.77. The van der Waals surface area contributed by atoms with Gasteiger partial charge in [-0.2, -0.15) is 0 Å². The molecule has 0 aliphatic rings. The summed E-state index contributed by atoms with van der Waals surface area (Å²) in [6.07, 6.45) is 2.71. The van der Waals surface area contributed by atoms with Crippen LogP contribution in [0.15, 0.2) is 0 Å². The molecule has 0 saturated heterocycles. The Labute approximate surface area is 61.7 Å². The minimum absolute atomic E-state index is 0.170. The molecule has 0 rings (SSSR count). The average Bonchev–Trinajstić information content (AvgIpc) is 1.66. The Kier molecular flexibility index (Phi) is 5.49. The fourth-order valence-electron chi connectivity index (χ4n) is 0.411. The number of hydrogen-bond acceptors (Lipinski definition) is 1. The van der Waals surface area contributed by atoms with E-state index in [-0.39, 0.29) is 5.91 Å². The summed E-state index contributed by atoms with van der Waals surface area (Å²) in [5.74, 6) is -0.170. The number of primary amides is 1. The predicted molar refractivity (Wildman–Crippen MR) is 27.9 cm³/mol. The van der Waals surface area contributed by atoms with Crippen LogP contribution in [0, 0.1) is 0 Å². The third-order valence-electron chi connectivity index (χ3n) is 0.831. The van der Waals surface area contributed by atoms with Crippen LogP contribution in [0.5, 0.6) is 0 Å². The predicted octanol–water partition coefficient (Wildman–Crippen LogP) is 0.607. The number of carbonyl (C=O) groups is 1. The molecular formula is C5H10NOTa. The topological polar surface area (TPSA) is 43.1 Å². The first kappa shape index (κ1) is 8.21. The number of amides is 1. The summed E-state index contributed by atoms with van der Waals surface area (Å²) in [7, 11) is 0. The normalized spacial score (nSPS) is 9.00. The molecule has 0 heterocycles. The molecule has 0 bridgehead atoms. The van der Waals surface area contributed by atoms with Crippen molar-refractivity contribution in [3.05, 3.63) is 0 Å². The van der Waals surface area contributed by atoms with Crippen LogP contribution in [0.4, 0.5) is 0 Å². The van der Waals surface area contributed by atoms with E-state index in [4.69, 9.17) is 5.73 Å². The molecular weight excluding hydrogens is 271 g/mol. The van der Waals surface area contributed by atoms with Crippen molar-refractivity contribution in [2.24, 2.45) is 5.73 Å². The van der Waals surface area contributed by atoms with E-state index in [1.54, 1.807) is 0 Å². The molecule has 0 aromatic heterocycles. The molecule has 2 nitrogen and oxygen atoms in total. The van der Waals surface area contributed by atoms with Gasteiger partial charge in [-0.25, -0.2) is 0 Å². The Hall–Kier alpha value is 0.210. The van der Waals surface area contributed by atoms with Gasteiger partial charge in [-0.15, -0.1) is 0 Å². The molecule has 0 aliphatic heterocycles. The van der Waals surface area contributed by atoms with E-state index >= 15 is 0 Å². The summed E-state index contributed by atoms with van der Waals surface area (Å²) in [6, 6.07) is 0. The van der Waals surface area contributed by atoms with Crippen molar-refractivity contribution in [3.8, 4) is 0 Å². The second kappa shape index (κ2) is 5.35. The maximum atomic E-state index is 10.1. The van der Waals surface area contributed by atoms with Crippen molar-refractivity contribution in [2.75, 3.05) is 0 Å². The molecule has 0 spiro atoms. The Morgan fingerprint density at radius 2 is 2.12 bits per heavy atom. The summed E-state index contributed by atoms with van der Waals surface area (Å²) in [5.41, 5.74) is 4.90. The molecule has 0 aliphatic carbocycles. The van der Waals surface area contributed by atoms with Crippen LogP contribution >= 0.6 is 0 Å². The van der Waals surface area contributed by atoms with Crippen LogP contribution in [0.1, 0.15) is 19.3 Å². The number of rotatable bonds is 4. The van der Waals surface area contributed by atoms with Crippen LogP contribution in [0.3, 0.4) is 0 Å². The van der Waals surface area contributed by atoms with E-state index in [1.165, 1.54) is 25.7 Å². The average molecular weight is 281 g/mol. The van der Waals surface area contributed by atoms with Crippen molar-refractivity contribution >= 4 is 5.91 Å². The molecule has 2 N–H and O–H groups in total. The molecule has 0 aromatic rings. The summed E-state index contributed by atoms with van der Waals surface area (Å²) in [4.78, 5) is 10.1. The molecule has 1 amide bonds. The summed E-state index contributed by atoms with van der Waals surface area (Å²) < 4.78 is 1.26. The summed E-state index contributed by atoms with van der Waals surface area (Å²) in [6.45, 7) is 0. The van der Waals surface area contributed by atoms with Gasteiger partial charge in [0.05, 0.1) is 0 Å².